The standard InChI is InChI=1S/C28H39N3O6/c1-6-35-25(32)16-30(28(34)37-17-26(33)36-7-2)14-19-11-22-21-9-8-10-23-27(21)20(15-31(23)18(3)4)12-24(22)29(5)13-19/h8-10,15,18-19,22,24H,6-7,11-14,16-17H2,1-5H3/t19-,22-,24+/m1/s1. The van der Waals surface area contributed by atoms with Crippen LogP contribution >= 0.6 is 0 Å². The van der Waals surface area contributed by atoms with Crippen molar-refractivity contribution in [1.29, 1.82) is 0 Å². The van der Waals surface area contributed by atoms with Crippen molar-refractivity contribution in [3.8, 4) is 0 Å². The smallest absolute Gasteiger partial charge is 0.410 e. The van der Waals surface area contributed by atoms with Gasteiger partial charge in [-0.05, 0) is 70.7 Å². The summed E-state index contributed by atoms with van der Waals surface area (Å²) in [4.78, 5) is 40.6. The number of benzene rings is 1. The number of rotatable bonds is 9. The second kappa shape index (κ2) is 11.5. The van der Waals surface area contributed by atoms with E-state index in [0.717, 1.165) is 19.4 Å². The lowest BCUT2D eigenvalue weighted by Gasteiger charge is -2.46. The highest BCUT2D eigenvalue weighted by atomic mass is 16.6. The molecule has 2 heterocycles. The minimum Gasteiger partial charge on any atom is -0.465 e. The van der Waals surface area contributed by atoms with Crippen LogP contribution in [0.4, 0.5) is 4.79 Å². The summed E-state index contributed by atoms with van der Waals surface area (Å²) in [5.41, 5.74) is 4.04. The second-order valence-corrected chi connectivity index (χ2v) is 10.4. The van der Waals surface area contributed by atoms with Gasteiger partial charge >= 0.3 is 18.0 Å². The van der Waals surface area contributed by atoms with Gasteiger partial charge in [0.25, 0.3) is 0 Å². The van der Waals surface area contributed by atoms with E-state index >= 15 is 0 Å². The summed E-state index contributed by atoms with van der Waals surface area (Å²) in [6.45, 7) is 8.68. The topological polar surface area (TPSA) is 90.3 Å². The quantitative estimate of drug-likeness (QED) is 0.373. The highest BCUT2D eigenvalue weighted by molar-refractivity contribution is 5.89. The number of hydrogen-bond donors (Lipinski definition) is 0. The average molecular weight is 514 g/mol. The highest BCUT2D eigenvalue weighted by Crippen LogP contribution is 2.45. The Morgan fingerprint density at radius 3 is 2.51 bits per heavy atom. The molecule has 37 heavy (non-hydrogen) atoms. The maximum Gasteiger partial charge on any atom is 0.410 e. The number of likely N-dealkylation sites (N-methyl/N-ethyl adjacent to an activating group) is 1. The lowest BCUT2D eigenvalue weighted by Crippen LogP contribution is -2.51. The minimum atomic E-state index is -0.715. The first-order valence-corrected chi connectivity index (χ1v) is 13.3. The molecule has 9 nitrogen and oxygen atoms in total. The molecule has 0 saturated carbocycles. The largest absolute Gasteiger partial charge is 0.465 e. The monoisotopic (exact) mass is 513 g/mol. The number of nitrogens with zero attached hydrogens (tertiary/aromatic N) is 3. The molecule has 1 aliphatic carbocycles. The summed E-state index contributed by atoms with van der Waals surface area (Å²) < 4.78 is 17.5. The van der Waals surface area contributed by atoms with Gasteiger partial charge in [-0.15, -0.1) is 0 Å². The zero-order valence-corrected chi connectivity index (χ0v) is 22.6. The number of piperidine rings is 1. The van der Waals surface area contributed by atoms with Crippen LogP contribution in [0.2, 0.25) is 0 Å². The molecule has 1 amide bonds. The van der Waals surface area contributed by atoms with E-state index in [0.29, 0.717) is 24.5 Å². The molecule has 1 aliphatic heterocycles. The molecule has 1 aromatic carbocycles. The molecule has 0 unspecified atom stereocenters. The number of carbonyl (C=O) groups is 3. The van der Waals surface area contributed by atoms with Crippen molar-refractivity contribution in [2.24, 2.45) is 5.92 Å². The van der Waals surface area contributed by atoms with Crippen molar-refractivity contribution < 1.29 is 28.6 Å². The van der Waals surface area contributed by atoms with Crippen LogP contribution in [0.1, 0.15) is 57.2 Å². The molecule has 0 spiro atoms. The Labute approximate surface area is 218 Å². The van der Waals surface area contributed by atoms with Crippen molar-refractivity contribution in [3.05, 3.63) is 35.5 Å². The van der Waals surface area contributed by atoms with Crippen LogP contribution in [0.15, 0.2) is 24.4 Å². The molecule has 1 aromatic heterocycles. The third-order valence-corrected chi connectivity index (χ3v) is 7.50. The zero-order chi connectivity index (χ0) is 26.7. The number of amides is 1. The number of hydrogen-bond acceptors (Lipinski definition) is 7. The third kappa shape index (κ3) is 5.76. The lowest BCUT2D eigenvalue weighted by atomic mass is 9.72. The molecule has 9 heteroatoms. The lowest BCUT2D eigenvalue weighted by molar-refractivity contribution is -0.147. The van der Waals surface area contributed by atoms with Crippen LogP contribution < -0.4 is 0 Å². The molecule has 202 valence electrons. The van der Waals surface area contributed by atoms with E-state index in [-0.39, 0.29) is 25.7 Å². The third-order valence-electron chi connectivity index (χ3n) is 7.50. The first kappa shape index (κ1) is 27.0. The molecule has 0 N–H and O–H groups in total. The van der Waals surface area contributed by atoms with Gasteiger partial charge in [-0.1, -0.05) is 12.1 Å². The number of likely N-dealkylation sites (tertiary alicyclic amines) is 1. The van der Waals surface area contributed by atoms with Crippen molar-refractivity contribution in [3.63, 3.8) is 0 Å². The summed E-state index contributed by atoms with van der Waals surface area (Å²) in [7, 11) is 2.14. The van der Waals surface area contributed by atoms with Gasteiger partial charge < -0.3 is 23.7 Å². The molecule has 4 rings (SSSR count). The Bertz CT molecular complexity index is 1140. The van der Waals surface area contributed by atoms with Gasteiger partial charge in [-0.2, -0.15) is 0 Å². The SMILES string of the molecule is CCOC(=O)COC(=O)N(CC(=O)OCC)C[C@@H]1C[C@@H]2c3cccc4c3c(cn4C(C)C)C[C@@H]2N(C)C1. The Kier molecular flexibility index (Phi) is 8.42. The molecule has 2 aliphatic rings. The normalized spacial score (nSPS) is 21.0. The maximum atomic E-state index is 12.9. The average Bonchev–Trinajstić information content (AvgIpc) is 3.23. The molecule has 2 aromatic rings. The predicted molar refractivity (Wildman–Crippen MR) is 139 cm³/mol. The fourth-order valence-electron chi connectivity index (χ4n) is 6.04. The van der Waals surface area contributed by atoms with Crippen LogP contribution in [0.25, 0.3) is 10.9 Å². The minimum absolute atomic E-state index is 0.125. The van der Waals surface area contributed by atoms with Crippen molar-refractivity contribution >= 4 is 28.9 Å². The van der Waals surface area contributed by atoms with Crippen molar-refractivity contribution in [2.45, 2.75) is 58.5 Å². The van der Waals surface area contributed by atoms with E-state index in [1.165, 1.54) is 26.9 Å². The highest BCUT2D eigenvalue weighted by Gasteiger charge is 2.41. The summed E-state index contributed by atoms with van der Waals surface area (Å²) >= 11 is 0. The van der Waals surface area contributed by atoms with Gasteiger partial charge in [0.1, 0.15) is 6.54 Å². The predicted octanol–water partition coefficient (Wildman–Crippen LogP) is 3.75. The molecule has 1 fully saturated rings. The molecular weight excluding hydrogens is 474 g/mol. The Morgan fingerprint density at radius 2 is 1.81 bits per heavy atom. The van der Waals surface area contributed by atoms with Crippen LogP contribution in [-0.2, 0) is 30.2 Å². The van der Waals surface area contributed by atoms with Gasteiger partial charge in [0, 0.05) is 48.2 Å². The molecule has 0 radical (unpaired) electrons. The number of carbonyl (C=O) groups excluding carboxylic acids is 3. The van der Waals surface area contributed by atoms with Gasteiger partial charge in [0.15, 0.2) is 6.61 Å². The van der Waals surface area contributed by atoms with Gasteiger partial charge in [-0.3, -0.25) is 9.69 Å². The summed E-state index contributed by atoms with van der Waals surface area (Å²) in [5.74, 6) is -0.672. The van der Waals surface area contributed by atoms with Crippen molar-refractivity contribution in [2.75, 3.05) is 46.5 Å². The number of ether oxygens (including phenoxy) is 3. The zero-order valence-electron chi connectivity index (χ0n) is 22.6. The summed E-state index contributed by atoms with van der Waals surface area (Å²) in [5, 5.41) is 1.36. The van der Waals surface area contributed by atoms with E-state index in [4.69, 9.17) is 14.2 Å². The number of fused-ring (bicyclic) bond motifs is 2. The second-order valence-electron chi connectivity index (χ2n) is 10.4. The number of esters is 2. The van der Waals surface area contributed by atoms with Crippen molar-refractivity contribution in [1.82, 2.24) is 14.4 Å². The van der Waals surface area contributed by atoms with Crippen LogP contribution in [-0.4, -0.2) is 84.9 Å². The number of aromatic nitrogens is 1. The van der Waals surface area contributed by atoms with Crippen LogP contribution in [0, 0.1) is 5.92 Å². The van der Waals surface area contributed by atoms with E-state index in [9.17, 15) is 14.4 Å². The fourth-order valence-corrected chi connectivity index (χ4v) is 6.04. The Morgan fingerprint density at radius 1 is 1.08 bits per heavy atom. The molecule has 3 atom stereocenters. The summed E-state index contributed by atoms with van der Waals surface area (Å²) in [6, 6.07) is 7.35. The molecule has 1 saturated heterocycles. The van der Waals surface area contributed by atoms with E-state index in [1.54, 1.807) is 13.8 Å². The van der Waals surface area contributed by atoms with Crippen LogP contribution in [0.3, 0.4) is 0 Å². The van der Waals surface area contributed by atoms with E-state index in [1.807, 2.05) is 0 Å². The molecule has 0 bridgehead atoms. The van der Waals surface area contributed by atoms with Crippen LogP contribution in [0.5, 0.6) is 0 Å². The molecular formula is C28H39N3O6. The first-order chi connectivity index (χ1) is 17.7. The van der Waals surface area contributed by atoms with Gasteiger partial charge in [0.05, 0.1) is 13.2 Å². The van der Waals surface area contributed by atoms with E-state index in [2.05, 4.69) is 54.8 Å². The van der Waals surface area contributed by atoms with Gasteiger partial charge in [0.2, 0.25) is 0 Å². The fraction of sp³-hybridized carbons (Fsp3) is 0.607. The Hall–Kier alpha value is -3.07. The first-order valence-electron chi connectivity index (χ1n) is 13.3. The summed E-state index contributed by atoms with van der Waals surface area (Å²) in [6.07, 6.45) is 3.49. The Balaban J connectivity index is 1.54. The van der Waals surface area contributed by atoms with E-state index < -0.39 is 24.6 Å². The van der Waals surface area contributed by atoms with Gasteiger partial charge in [-0.25, -0.2) is 9.59 Å². The maximum absolute atomic E-state index is 12.9.